The number of aryl methyl sites for hydroxylation is 2. The van der Waals surface area contributed by atoms with E-state index in [1.807, 2.05) is 38.1 Å². The van der Waals surface area contributed by atoms with Gasteiger partial charge in [-0.2, -0.15) is 0 Å². The van der Waals surface area contributed by atoms with Crippen LogP contribution in [-0.2, 0) is 9.59 Å². The standard InChI is InChI=1S/C22H24N2O4/c1-14-8-9-15(2)16(12-14)18(25)10-11-21(26)24-13-20(22(27)23-3)28-19-7-5-4-6-17(19)24/h4-9,12,20H,10-11,13H2,1-3H3,(H,23,27)/t20-/m0/s1. The van der Waals surface area contributed by atoms with Crippen molar-refractivity contribution in [2.75, 3.05) is 18.5 Å². The molecule has 0 fully saturated rings. The Kier molecular flexibility index (Phi) is 5.78. The van der Waals surface area contributed by atoms with E-state index in [1.54, 1.807) is 18.2 Å². The van der Waals surface area contributed by atoms with Gasteiger partial charge in [-0.25, -0.2) is 0 Å². The van der Waals surface area contributed by atoms with Gasteiger partial charge < -0.3 is 15.0 Å². The van der Waals surface area contributed by atoms with Crippen molar-refractivity contribution in [2.24, 2.45) is 0 Å². The molecule has 2 aromatic carbocycles. The van der Waals surface area contributed by atoms with Gasteiger partial charge in [0, 0.05) is 25.5 Å². The molecule has 0 bridgehead atoms. The van der Waals surface area contributed by atoms with Crippen molar-refractivity contribution in [3.8, 4) is 5.75 Å². The first-order valence-corrected chi connectivity index (χ1v) is 9.29. The number of benzene rings is 2. The van der Waals surface area contributed by atoms with E-state index in [-0.39, 0.29) is 37.0 Å². The zero-order chi connectivity index (χ0) is 20.3. The summed E-state index contributed by atoms with van der Waals surface area (Å²) in [6.07, 6.45) is -0.590. The van der Waals surface area contributed by atoms with Gasteiger partial charge in [-0.3, -0.25) is 14.4 Å². The minimum absolute atomic E-state index is 0.0565. The number of anilines is 1. The Morgan fingerprint density at radius 1 is 1.11 bits per heavy atom. The summed E-state index contributed by atoms with van der Waals surface area (Å²) in [5, 5.41) is 2.55. The Balaban J connectivity index is 1.75. The second-order valence-electron chi connectivity index (χ2n) is 6.93. The number of rotatable bonds is 5. The maximum absolute atomic E-state index is 12.9. The fourth-order valence-corrected chi connectivity index (χ4v) is 3.29. The molecule has 1 atom stereocenters. The molecule has 0 aliphatic carbocycles. The fraction of sp³-hybridized carbons (Fsp3) is 0.318. The van der Waals surface area contributed by atoms with Gasteiger partial charge in [-0.1, -0.05) is 29.8 Å². The number of nitrogens with zero attached hydrogens (tertiary/aromatic N) is 1. The van der Waals surface area contributed by atoms with Crippen LogP contribution in [0, 0.1) is 13.8 Å². The first-order chi connectivity index (χ1) is 13.4. The quantitative estimate of drug-likeness (QED) is 0.810. The Morgan fingerprint density at radius 3 is 2.61 bits per heavy atom. The molecular formula is C22H24N2O4. The molecule has 1 heterocycles. The highest BCUT2D eigenvalue weighted by molar-refractivity contribution is 6.02. The second kappa shape index (κ2) is 8.25. The Hall–Kier alpha value is -3.15. The third-order valence-corrected chi connectivity index (χ3v) is 4.87. The lowest BCUT2D eigenvalue weighted by atomic mass is 9.99. The van der Waals surface area contributed by atoms with Crippen LogP contribution in [0.4, 0.5) is 5.69 Å². The van der Waals surface area contributed by atoms with Crippen molar-refractivity contribution in [1.82, 2.24) is 5.32 Å². The largest absolute Gasteiger partial charge is 0.477 e. The number of hydrogen-bond donors (Lipinski definition) is 1. The molecule has 6 heteroatoms. The highest BCUT2D eigenvalue weighted by Gasteiger charge is 2.33. The van der Waals surface area contributed by atoms with Gasteiger partial charge in [0.25, 0.3) is 5.91 Å². The average Bonchev–Trinajstić information content (AvgIpc) is 2.71. The van der Waals surface area contributed by atoms with Crippen LogP contribution in [0.25, 0.3) is 0 Å². The molecule has 2 aromatic rings. The van der Waals surface area contributed by atoms with Gasteiger partial charge in [0.2, 0.25) is 5.91 Å². The van der Waals surface area contributed by atoms with Crippen molar-refractivity contribution in [3.63, 3.8) is 0 Å². The topological polar surface area (TPSA) is 75.7 Å². The Morgan fingerprint density at radius 2 is 1.86 bits per heavy atom. The van der Waals surface area contributed by atoms with E-state index in [9.17, 15) is 14.4 Å². The SMILES string of the molecule is CNC(=O)[C@@H]1CN(C(=O)CCC(=O)c2cc(C)ccc2C)c2ccccc2O1. The number of fused-ring (bicyclic) bond motifs is 1. The van der Waals surface area contributed by atoms with Crippen LogP contribution in [0.3, 0.4) is 0 Å². The first kappa shape index (κ1) is 19.6. The number of amides is 2. The van der Waals surface area contributed by atoms with E-state index in [2.05, 4.69) is 5.32 Å². The normalized spacial score (nSPS) is 15.4. The number of ether oxygens (including phenoxy) is 1. The fourth-order valence-electron chi connectivity index (χ4n) is 3.29. The number of ketones is 1. The van der Waals surface area contributed by atoms with E-state index in [0.29, 0.717) is 17.0 Å². The van der Waals surface area contributed by atoms with Gasteiger partial charge in [0.15, 0.2) is 11.9 Å². The number of nitrogens with one attached hydrogen (secondary N) is 1. The van der Waals surface area contributed by atoms with Crippen molar-refractivity contribution in [3.05, 3.63) is 59.2 Å². The molecule has 0 saturated heterocycles. The minimum atomic E-state index is -0.779. The molecule has 0 unspecified atom stereocenters. The predicted molar refractivity (Wildman–Crippen MR) is 107 cm³/mol. The molecule has 0 aromatic heterocycles. The van der Waals surface area contributed by atoms with Crippen LogP contribution in [0.15, 0.2) is 42.5 Å². The lowest BCUT2D eigenvalue weighted by Crippen LogP contribution is -2.50. The van der Waals surface area contributed by atoms with E-state index < -0.39 is 6.10 Å². The second-order valence-corrected chi connectivity index (χ2v) is 6.93. The van der Waals surface area contributed by atoms with Crippen molar-refractivity contribution >= 4 is 23.3 Å². The van der Waals surface area contributed by atoms with E-state index in [4.69, 9.17) is 4.74 Å². The van der Waals surface area contributed by atoms with Gasteiger partial charge >= 0.3 is 0 Å². The molecule has 146 valence electrons. The summed E-state index contributed by atoms with van der Waals surface area (Å²) in [7, 11) is 1.53. The van der Waals surface area contributed by atoms with E-state index in [0.717, 1.165) is 11.1 Å². The third kappa shape index (κ3) is 4.06. The average molecular weight is 380 g/mol. The Bertz CT molecular complexity index is 923. The maximum Gasteiger partial charge on any atom is 0.262 e. The first-order valence-electron chi connectivity index (χ1n) is 9.29. The summed E-state index contributed by atoms with van der Waals surface area (Å²) in [4.78, 5) is 39.1. The number of para-hydroxylation sites is 2. The molecular weight excluding hydrogens is 356 g/mol. The van der Waals surface area contributed by atoms with Gasteiger partial charge in [-0.05, 0) is 37.6 Å². The molecule has 3 rings (SSSR count). The highest BCUT2D eigenvalue weighted by atomic mass is 16.5. The molecule has 0 radical (unpaired) electrons. The molecule has 6 nitrogen and oxygen atoms in total. The monoisotopic (exact) mass is 380 g/mol. The molecule has 28 heavy (non-hydrogen) atoms. The summed E-state index contributed by atoms with van der Waals surface area (Å²) in [5.74, 6) is -0.0717. The summed E-state index contributed by atoms with van der Waals surface area (Å²) < 4.78 is 5.72. The minimum Gasteiger partial charge on any atom is -0.477 e. The summed E-state index contributed by atoms with van der Waals surface area (Å²) in [5.41, 5.74) is 3.18. The zero-order valence-electron chi connectivity index (χ0n) is 16.3. The lowest BCUT2D eigenvalue weighted by molar-refractivity contribution is -0.127. The summed E-state index contributed by atoms with van der Waals surface area (Å²) in [6, 6.07) is 12.8. The molecule has 2 amide bonds. The number of Topliss-reactive ketones (excluding diaryl/α,β-unsaturated/α-hetero) is 1. The number of likely N-dealkylation sites (N-methyl/N-ethyl adjacent to an activating group) is 1. The highest BCUT2D eigenvalue weighted by Crippen LogP contribution is 2.33. The smallest absolute Gasteiger partial charge is 0.262 e. The summed E-state index contributed by atoms with van der Waals surface area (Å²) >= 11 is 0. The molecule has 1 aliphatic heterocycles. The number of carbonyl (C=O) groups is 3. The van der Waals surface area contributed by atoms with Gasteiger partial charge in [0.05, 0.1) is 12.2 Å². The molecule has 1 N–H and O–H groups in total. The van der Waals surface area contributed by atoms with Gasteiger partial charge in [0.1, 0.15) is 5.75 Å². The van der Waals surface area contributed by atoms with Crippen LogP contribution in [0.5, 0.6) is 5.75 Å². The number of hydrogen-bond acceptors (Lipinski definition) is 4. The van der Waals surface area contributed by atoms with Crippen LogP contribution < -0.4 is 15.0 Å². The van der Waals surface area contributed by atoms with Crippen LogP contribution in [-0.4, -0.2) is 37.3 Å². The summed E-state index contributed by atoms with van der Waals surface area (Å²) in [6.45, 7) is 3.94. The third-order valence-electron chi connectivity index (χ3n) is 4.87. The molecule has 0 saturated carbocycles. The van der Waals surface area contributed by atoms with E-state index >= 15 is 0 Å². The number of carbonyl (C=O) groups excluding carboxylic acids is 3. The molecule has 0 spiro atoms. The van der Waals surface area contributed by atoms with Crippen LogP contribution >= 0.6 is 0 Å². The van der Waals surface area contributed by atoms with Crippen LogP contribution in [0.2, 0.25) is 0 Å². The predicted octanol–water partition coefficient (Wildman–Crippen LogP) is 2.81. The van der Waals surface area contributed by atoms with Crippen molar-refractivity contribution in [2.45, 2.75) is 32.8 Å². The molecule has 1 aliphatic rings. The maximum atomic E-state index is 12.9. The lowest BCUT2D eigenvalue weighted by Gasteiger charge is -2.34. The van der Waals surface area contributed by atoms with Crippen molar-refractivity contribution < 1.29 is 19.1 Å². The zero-order valence-corrected chi connectivity index (χ0v) is 16.3. The van der Waals surface area contributed by atoms with E-state index in [1.165, 1.54) is 11.9 Å². The Labute approximate surface area is 164 Å². The van der Waals surface area contributed by atoms with Crippen molar-refractivity contribution in [1.29, 1.82) is 0 Å². The van der Waals surface area contributed by atoms with Crippen LogP contribution in [0.1, 0.15) is 34.3 Å². The van der Waals surface area contributed by atoms with Gasteiger partial charge in [-0.15, -0.1) is 0 Å².